The fourth-order valence-corrected chi connectivity index (χ4v) is 7.32. The maximum atomic E-state index is 14.1. The van der Waals surface area contributed by atoms with Crippen LogP contribution in [0.3, 0.4) is 0 Å². The molecule has 13 nitrogen and oxygen atoms in total. The molecule has 1 aromatic carbocycles. The third-order valence-corrected chi connectivity index (χ3v) is 11.2. The summed E-state index contributed by atoms with van der Waals surface area (Å²) in [7, 11) is 4.51. The van der Waals surface area contributed by atoms with E-state index in [1.807, 2.05) is 19.3 Å². The van der Waals surface area contributed by atoms with Crippen LogP contribution >= 0.6 is 23.4 Å². The fourth-order valence-electron chi connectivity index (χ4n) is 6.64. The summed E-state index contributed by atoms with van der Waals surface area (Å²) in [5.74, 6) is -1.34. The molecule has 0 saturated carbocycles. The van der Waals surface area contributed by atoms with Gasteiger partial charge < -0.3 is 39.0 Å². The predicted molar refractivity (Wildman–Crippen MR) is 193 cm³/mol. The van der Waals surface area contributed by atoms with E-state index >= 15 is 0 Å². The van der Waals surface area contributed by atoms with Crippen molar-refractivity contribution >= 4 is 52.9 Å². The van der Waals surface area contributed by atoms with Crippen LogP contribution < -0.4 is 10.2 Å². The molecule has 2 saturated heterocycles. The van der Waals surface area contributed by atoms with E-state index in [0.717, 1.165) is 11.1 Å². The van der Waals surface area contributed by atoms with Crippen molar-refractivity contribution in [3.63, 3.8) is 0 Å². The molecule has 2 fully saturated rings. The summed E-state index contributed by atoms with van der Waals surface area (Å²) in [6.07, 6.45) is 2.97. The maximum Gasteiger partial charge on any atom is 0.409 e. The molecule has 3 heterocycles. The Balaban J connectivity index is 1.76. The Labute approximate surface area is 308 Å². The first-order chi connectivity index (χ1) is 24.0. The van der Waals surface area contributed by atoms with Crippen molar-refractivity contribution in [1.82, 2.24) is 10.2 Å². The van der Waals surface area contributed by atoms with Crippen LogP contribution in [-0.4, -0.2) is 114 Å². The molecule has 4 rings (SSSR count). The van der Waals surface area contributed by atoms with Crippen LogP contribution in [0.4, 0.5) is 10.5 Å². The van der Waals surface area contributed by atoms with Gasteiger partial charge in [0.1, 0.15) is 30.0 Å². The number of hydrogen-bond donors (Lipinski definition) is 3. The normalized spacial score (nSPS) is 32.0. The number of amides is 3. The number of alkyl carbamates (subject to hydrolysis) is 1. The number of thioether (sulfide) groups is 1. The summed E-state index contributed by atoms with van der Waals surface area (Å²) in [6, 6.07) is 2.57. The highest BCUT2D eigenvalue weighted by Crippen LogP contribution is 2.49. The third-order valence-electron chi connectivity index (χ3n) is 10.1. The van der Waals surface area contributed by atoms with Gasteiger partial charge in [0.15, 0.2) is 5.72 Å². The van der Waals surface area contributed by atoms with Gasteiger partial charge in [0.05, 0.1) is 29.8 Å². The van der Waals surface area contributed by atoms with Crippen molar-refractivity contribution in [2.24, 2.45) is 5.92 Å². The molecule has 4 bridgehead atoms. The molecule has 8 atom stereocenters. The van der Waals surface area contributed by atoms with Gasteiger partial charge >= 0.3 is 12.1 Å². The number of aliphatic hydroxyl groups is 2. The number of ether oxygens (including phenoxy) is 4. The number of aliphatic hydroxyl groups excluding tert-OH is 1. The highest BCUT2D eigenvalue weighted by Gasteiger charge is 2.64. The number of allylic oxidation sites excluding steroid dienone is 3. The topological polar surface area (TPSA) is 167 Å². The molecule has 3 aliphatic rings. The van der Waals surface area contributed by atoms with E-state index in [2.05, 4.69) is 5.32 Å². The van der Waals surface area contributed by atoms with Gasteiger partial charge in [-0.25, -0.2) is 9.59 Å². The number of rotatable bonds is 8. The van der Waals surface area contributed by atoms with Crippen molar-refractivity contribution in [2.75, 3.05) is 38.1 Å². The van der Waals surface area contributed by atoms with Gasteiger partial charge in [0.25, 0.3) is 0 Å². The number of hydrogen-bond acceptors (Lipinski definition) is 11. The van der Waals surface area contributed by atoms with Crippen LogP contribution in [-0.2, 0) is 46.4 Å². The molecule has 3 unspecified atom stereocenters. The van der Waals surface area contributed by atoms with Crippen LogP contribution in [0, 0.1) is 5.92 Å². The monoisotopic (exact) mass is 751 g/mol. The Morgan fingerprint density at radius 2 is 2.00 bits per heavy atom. The molecule has 0 aromatic heterocycles. The first kappa shape index (κ1) is 40.6. The summed E-state index contributed by atoms with van der Waals surface area (Å²) >= 11 is 8.23. The lowest BCUT2D eigenvalue weighted by atomic mass is 9.83. The second-order valence-corrected chi connectivity index (χ2v) is 15.1. The molecule has 15 heteroatoms. The predicted octanol–water partition coefficient (Wildman–Crippen LogP) is 3.75. The second-order valence-electron chi connectivity index (χ2n) is 13.8. The number of methoxy groups -OCH3 is 1. The standard InChI is InChI=1S/C36H50ClN3O10S/c1-20-10-9-11-27(47-7)36(46)18-26(48-34(45)38-36)21(2)32-35(4,50-32)28(49-33(44)22(3)39(5)29(42)12-13-51-8)17-30(43)40(6)25-16-23(14-20)15-24(19-41)31(25)37/h9-11,15-16,21-22,26-28,32,41,46H,12-14,17-19H2,1-8H3,(H,38,45)/b11-9+,20-10+/t21-,22+,26?,27-,28+,32?,35?,36+/m1/s1. The number of esters is 1. The summed E-state index contributed by atoms with van der Waals surface area (Å²) in [5.41, 5.74) is -0.569. The molecule has 0 aliphatic carbocycles. The van der Waals surface area contributed by atoms with E-state index in [4.69, 9.17) is 30.5 Å². The van der Waals surface area contributed by atoms with Crippen LogP contribution in [0.15, 0.2) is 35.9 Å². The van der Waals surface area contributed by atoms with E-state index in [0.29, 0.717) is 23.4 Å². The number of carbonyl (C=O) groups excluding carboxylic acids is 4. The molecule has 3 amide bonds. The van der Waals surface area contributed by atoms with E-state index < -0.39 is 65.7 Å². The van der Waals surface area contributed by atoms with Crippen LogP contribution in [0.25, 0.3) is 0 Å². The van der Waals surface area contributed by atoms with Crippen molar-refractivity contribution in [3.8, 4) is 0 Å². The zero-order chi connectivity index (χ0) is 37.8. The molecule has 282 valence electrons. The van der Waals surface area contributed by atoms with Gasteiger partial charge in [-0.2, -0.15) is 11.8 Å². The average molecular weight is 752 g/mol. The number of halogens is 1. The molecule has 3 aliphatic heterocycles. The van der Waals surface area contributed by atoms with Crippen molar-refractivity contribution in [1.29, 1.82) is 0 Å². The molecule has 0 radical (unpaired) electrons. The SMILES string of the molecule is CO[C@@H]1/C=C/C=C(\C)Cc2cc(CO)c(Cl)c(c2)N(C)C(=O)C[C@H](OC(=O)[C@H](C)N(C)C(=O)CCSC)C2(C)OC2[C@H](C)C2C[C@@]1(O)NC(=O)O2. The molecule has 0 spiro atoms. The Bertz CT molecular complexity index is 1560. The van der Waals surface area contributed by atoms with Crippen LogP contribution in [0.1, 0.15) is 58.1 Å². The minimum Gasteiger partial charge on any atom is -0.457 e. The zero-order valence-electron chi connectivity index (χ0n) is 30.4. The molecular formula is C36H50ClN3O10S. The number of epoxide rings is 1. The lowest BCUT2D eigenvalue weighted by molar-refractivity contribution is -0.162. The Hall–Kier alpha value is -3.14. The van der Waals surface area contributed by atoms with Gasteiger partial charge in [0.2, 0.25) is 11.8 Å². The third kappa shape index (κ3) is 9.09. The number of nitrogens with one attached hydrogen (secondary N) is 1. The van der Waals surface area contributed by atoms with E-state index in [1.165, 1.54) is 35.7 Å². The number of carbonyl (C=O) groups is 4. The number of benzene rings is 1. The molecular weight excluding hydrogens is 702 g/mol. The van der Waals surface area contributed by atoms with Crippen LogP contribution in [0.2, 0.25) is 5.02 Å². The van der Waals surface area contributed by atoms with Gasteiger partial charge in [-0.15, -0.1) is 0 Å². The minimum atomic E-state index is -1.83. The Morgan fingerprint density at radius 1 is 1.29 bits per heavy atom. The van der Waals surface area contributed by atoms with Gasteiger partial charge in [-0.05, 0) is 50.6 Å². The van der Waals surface area contributed by atoms with E-state index in [1.54, 1.807) is 52.1 Å². The Morgan fingerprint density at radius 3 is 2.65 bits per heavy atom. The summed E-state index contributed by atoms with van der Waals surface area (Å²) in [6.45, 7) is 6.60. The molecule has 3 N–H and O–H groups in total. The molecule has 1 aromatic rings. The van der Waals surface area contributed by atoms with E-state index in [9.17, 15) is 29.4 Å². The van der Waals surface area contributed by atoms with Crippen molar-refractivity contribution < 1.29 is 48.3 Å². The first-order valence-electron chi connectivity index (χ1n) is 16.9. The molecule has 51 heavy (non-hydrogen) atoms. The number of nitrogens with zero attached hydrogens (tertiary/aromatic N) is 2. The first-order valence-corrected chi connectivity index (χ1v) is 18.7. The van der Waals surface area contributed by atoms with Crippen molar-refractivity contribution in [3.05, 3.63) is 52.1 Å². The Kier molecular flexibility index (Phi) is 13.3. The number of likely N-dealkylation sites (N-methyl/N-ethyl adjacent to an activating group) is 1. The second kappa shape index (κ2) is 16.7. The summed E-state index contributed by atoms with van der Waals surface area (Å²) in [5, 5.41) is 24.5. The average Bonchev–Trinajstić information content (AvgIpc) is 3.79. The number of anilines is 1. The zero-order valence-corrected chi connectivity index (χ0v) is 32.0. The van der Waals surface area contributed by atoms with Gasteiger partial charge in [-0.1, -0.05) is 48.4 Å². The largest absolute Gasteiger partial charge is 0.457 e. The quantitative estimate of drug-likeness (QED) is 0.262. The van der Waals surface area contributed by atoms with E-state index in [-0.39, 0.29) is 36.8 Å². The van der Waals surface area contributed by atoms with Crippen molar-refractivity contribution in [2.45, 2.75) is 102 Å². The minimum absolute atomic E-state index is 0.0538. The summed E-state index contributed by atoms with van der Waals surface area (Å²) < 4.78 is 23.5. The fraction of sp³-hybridized carbons (Fsp3) is 0.611. The lowest BCUT2D eigenvalue weighted by Crippen LogP contribution is -2.63. The van der Waals surface area contributed by atoms with Gasteiger partial charge in [0, 0.05) is 45.7 Å². The maximum absolute atomic E-state index is 14.1. The smallest absolute Gasteiger partial charge is 0.409 e. The highest BCUT2D eigenvalue weighted by molar-refractivity contribution is 7.98. The van der Waals surface area contributed by atoms with Crippen LogP contribution in [0.5, 0.6) is 0 Å². The summed E-state index contributed by atoms with van der Waals surface area (Å²) in [4.78, 5) is 55.9. The number of fused-ring (bicyclic) bond motifs is 5. The lowest BCUT2D eigenvalue weighted by Gasteiger charge is -2.42. The van der Waals surface area contributed by atoms with Gasteiger partial charge in [-0.3, -0.25) is 14.9 Å². The highest BCUT2D eigenvalue weighted by atomic mass is 35.5.